The van der Waals surface area contributed by atoms with Crippen molar-refractivity contribution >= 4 is 54.1 Å². The number of nitrogens with zero attached hydrogens (tertiary/aromatic N) is 3. The molecule has 0 spiro atoms. The number of pyridine rings is 3. The Morgan fingerprint density at radius 3 is 1.40 bits per heavy atom. The second-order valence-corrected chi connectivity index (χ2v) is 12.4. The molecule has 3 nitrogen and oxygen atoms in total. The van der Waals surface area contributed by atoms with Crippen LogP contribution in [0.5, 0.6) is 0 Å². The predicted octanol–water partition coefficient (Wildman–Crippen LogP) is 11.7. The van der Waals surface area contributed by atoms with Gasteiger partial charge in [-0.2, -0.15) is 0 Å². The molecule has 10 aromatic rings. The van der Waals surface area contributed by atoms with Crippen molar-refractivity contribution < 1.29 is 0 Å². The Labute approximate surface area is 277 Å². The van der Waals surface area contributed by atoms with Gasteiger partial charge in [-0.05, 0) is 97.0 Å². The first kappa shape index (κ1) is 26.7. The zero-order valence-electron chi connectivity index (χ0n) is 25.9. The molecule has 0 N–H and O–H groups in total. The number of aromatic nitrogens is 3. The zero-order valence-corrected chi connectivity index (χ0v) is 25.9. The Morgan fingerprint density at radius 2 is 0.812 bits per heavy atom. The van der Waals surface area contributed by atoms with E-state index < -0.39 is 0 Å². The molecule has 0 atom stereocenters. The fourth-order valence-corrected chi connectivity index (χ4v) is 7.57. The van der Waals surface area contributed by atoms with Gasteiger partial charge < -0.3 is 0 Å². The van der Waals surface area contributed by atoms with E-state index in [2.05, 4.69) is 127 Å². The number of para-hydroxylation sites is 2. The van der Waals surface area contributed by atoms with E-state index in [9.17, 15) is 0 Å². The third-order valence-electron chi connectivity index (χ3n) is 9.74. The van der Waals surface area contributed by atoms with Crippen molar-refractivity contribution in [3.05, 3.63) is 164 Å². The smallest absolute Gasteiger partial charge is 0.0780 e. The molecule has 0 unspecified atom stereocenters. The molecule has 0 saturated heterocycles. The van der Waals surface area contributed by atoms with Crippen LogP contribution in [0.3, 0.4) is 0 Å². The molecule has 0 aliphatic heterocycles. The van der Waals surface area contributed by atoms with Gasteiger partial charge in [0.1, 0.15) is 0 Å². The summed E-state index contributed by atoms with van der Waals surface area (Å²) in [7, 11) is 0. The zero-order chi connectivity index (χ0) is 31.6. The van der Waals surface area contributed by atoms with Crippen LogP contribution in [0.4, 0.5) is 0 Å². The van der Waals surface area contributed by atoms with Gasteiger partial charge in [-0.3, -0.25) is 15.0 Å². The Balaban J connectivity index is 1.27. The van der Waals surface area contributed by atoms with Crippen LogP contribution in [0.15, 0.2) is 164 Å². The van der Waals surface area contributed by atoms with Crippen molar-refractivity contribution in [2.45, 2.75) is 0 Å². The number of benzene rings is 7. The van der Waals surface area contributed by atoms with Crippen molar-refractivity contribution in [2.24, 2.45) is 0 Å². The standard InChI is InChI=1S/C45H27N3/c1-2-22-46-41(13-1)38-19-15-29-16-20-39-35(18-14-28-17-21-40(38)43(29)42(28)39)32-25-33(36-11-3-7-30-9-5-23-47-44(30)36)27-34(26-32)37-12-4-8-31-10-6-24-48-45(31)37/h1-27H. The van der Waals surface area contributed by atoms with Gasteiger partial charge in [-0.25, -0.2) is 0 Å². The molecule has 48 heavy (non-hydrogen) atoms. The van der Waals surface area contributed by atoms with Crippen LogP contribution in [0.2, 0.25) is 0 Å². The Hall–Kier alpha value is -6.45. The summed E-state index contributed by atoms with van der Waals surface area (Å²) < 4.78 is 0. The number of rotatable bonds is 4. The maximum atomic E-state index is 4.83. The summed E-state index contributed by atoms with van der Waals surface area (Å²) in [6.07, 6.45) is 5.63. The Bertz CT molecular complexity index is 2730. The summed E-state index contributed by atoms with van der Waals surface area (Å²) in [4.78, 5) is 14.4. The van der Waals surface area contributed by atoms with E-state index in [1.165, 1.54) is 37.9 Å². The average molecular weight is 610 g/mol. The summed E-state index contributed by atoms with van der Waals surface area (Å²) in [5.41, 5.74) is 11.0. The number of hydrogen-bond donors (Lipinski definition) is 0. The Morgan fingerprint density at radius 1 is 0.312 bits per heavy atom. The first-order valence-corrected chi connectivity index (χ1v) is 16.3. The average Bonchev–Trinajstić information content (AvgIpc) is 3.16. The molecular weight excluding hydrogens is 583 g/mol. The van der Waals surface area contributed by atoms with Crippen LogP contribution in [-0.4, -0.2) is 15.0 Å². The van der Waals surface area contributed by atoms with Crippen molar-refractivity contribution in [2.75, 3.05) is 0 Å². The van der Waals surface area contributed by atoms with E-state index in [0.29, 0.717) is 0 Å². The second-order valence-electron chi connectivity index (χ2n) is 12.4. The van der Waals surface area contributed by atoms with Crippen LogP contribution in [0.1, 0.15) is 0 Å². The van der Waals surface area contributed by atoms with E-state index in [-0.39, 0.29) is 0 Å². The van der Waals surface area contributed by atoms with Crippen molar-refractivity contribution in [1.82, 2.24) is 15.0 Å². The minimum Gasteiger partial charge on any atom is -0.256 e. The van der Waals surface area contributed by atoms with E-state index in [1.54, 1.807) is 0 Å². The van der Waals surface area contributed by atoms with Gasteiger partial charge >= 0.3 is 0 Å². The monoisotopic (exact) mass is 609 g/mol. The Kier molecular flexibility index (Phi) is 5.87. The lowest BCUT2D eigenvalue weighted by Gasteiger charge is -2.18. The molecule has 0 bridgehead atoms. The van der Waals surface area contributed by atoms with Crippen LogP contribution in [0, 0.1) is 0 Å². The SMILES string of the molecule is c1ccc(-c2ccc3ccc4c(-c5cc(-c6cccc7cccnc67)cc(-c6cccc7cccnc67)c5)ccc5ccc2c3c54)nc1. The normalized spacial score (nSPS) is 11.8. The highest BCUT2D eigenvalue weighted by Gasteiger charge is 2.17. The number of hydrogen-bond acceptors (Lipinski definition) is 3. The molecule has 0 aliphatic carbocycles. The molecule has 0 fully saturated rings. The molecule has 0 saturated carbocycles. The fourth-order valence-electron chi connectivity index (χ4n) is 7.57. The largest absolute Gasteiger partial charge is 0.256 e. The molecule has 3 heteroatoms. The van der Waals surface area contributed by atoms with Crippen LogP contribution < -0.4 is 0 Å². The van der Waals surface area contributed by atoms with Gasteiger partial charge in [-0.15, -0.1) is 0 Å². The van der Waals surface area contributed by atoms with Crippen molar-refractivity contribution in [3.8, 4) is 44.6 Å². The van der Waals surface area contributed by atoms with Gasteiger partial charge in [-0.1, -0.05) is 103 Å². The number of fused-ring (bicyclic) bond motifs is 2. The lowest BCUT2D eigenvalue weighted by Crippen LogP contribution is -1.92. The highest BCUT2D eigenvalue weighted by molar-refractivity contribution is 6.27. The van der Waals surface area contributed by atoms with E-state index in [1.807, 2.05) is 36.8 Å². The first-order valence-electron chi connectivity index (χ1n) is 16.3. The van der Waals surface area contributed by atoms with Crippen LogP contribution in [-0.2, 0) is 0 Å². The highest BCUT2D eigenvalue weighted by atomic mass is 14.7. The van der Waals surface area contributed by atoms with Crippen molar-refractivity contribution in [1.29, 1.82) is 0 Å². The molecule has 7 aromatic carbocycles. The summed E-state index contributed by atoms with van der Waals surface area (Å²) in [5.74, 6) is 0. The minimum atomic E-state index is 0.986. The molecule has 3 aromatic heterocycles. The van der Waals surface area contributed by atoms with E-state index >= 15 is 0 Å². The highest BCUT2D eigenvalue weighted by Crippen LogP contribution is 2.44. The second kappa shape index (κ2) is 10.5. The van der Waals surface area contributed by atoms with Gasteiger partial charge in [0, 0.05) is 46.1 Å². The first-order chi connectivity index (χ1) is 23.8. The van der Waals surface area contributed by atoms with E-state index in [0.717, 1.165) is 60.9 Å². The molecular formula is C45H27N3. The van der Waals surface area contributed by atoms with Crippen LogP contribution in [0.25, 0.3) is 98.8 Å². The third kappa shape index (κ3) is 4.11. The van der Waals surface area contributed by atoms with Gasteiger partial charge in [0.15, 0.2) is 0 Å². The lowest BCUT2D eigenvalue weighted by molar-refractivity contribution is 1.33. The lowest BCUT2D eigenvalue weighted by atomic mass is 9.86. The molecule has 10 rings (SSSR count). The summed E-state index contributed by atoms with van der Waals surface area (Å²) in [6.45, 7) is 0. The summed E-state index contributed by atoms with van der Waals surface area (Å²) in [6, 6.07) is 52.3. The van der Waals surface area contributed by atoms with Gasteiger partial charge in [0.05, 0.1) is 16.7 Å². The molecule has 3 heterocycles. The van der Waals surface area contributed by atoms with Gasteiger partial charge in [0.25, 0.3) is 0 Å². The maximum absolute atomic E-state index is 4.83. The minimum absolute atomic E-state index is 0.986. The summed E-state index contributed by atoms with van der Waals surface area (Å²) >= 11 is 0. The molecule has 222 valence electrons. The van der Waals surface area contributed by atoms with Gasteiger partial charge in [0.2, 0.25) is 0 Å². The van der Waals surface area contributed by atoms with E-state index in [4.69, 9.17) is 15.0 Å². The quantitative estimate of drug-likeness (QED) is 0.186. The third-order valence-corrected chi connectivity index (χ3v) is 9.74. The molecule has 0 radical (unpaired) electrons. The fraction of sp³-hybridized carbons (Fsp3) is 0. The topological polar surface area (TPSA) is 38.7 Å². The molecule has 0 aliphatic rings. The van der Waals surface area contributed by atoms with Crippen LogP contribution >= 0.6 is 0 Å². The maximum Gasteiger partial charge on any atom is 0.0780 e. The predicted molar refractivity (Wildman–Crippen MR) is 200 cm³/mol. The summed E-state index contributed by atoms with van der Waals surface area (Å²) in [5, 5.41) is 9.74. The molecule has 0 amide bonds. The van der Waals surface area contributed by atoms with Crippen molar-refractivity contribution in [3.63, 3.8) is 0 Å².